The molecule has 3 nitrogen and oxygen atoms in total. The molecule has 0 aliphatic rings. The molecule has 62 valence electrons. The SMILES string of the molecule is C/C(=C\CCCC=O)C(=O)O. The number of unbranched alkanes of at least 4 members (excludes halogenated alkanes) is 2. The van der Waals surface area contributed by atoms with Gasteiger partial charge >= 0.3 is 5.97 Å². The second-order valence-corrected chi connectivity index (χ2v) is 2.29. The van der Waals surface area contributed by atoms with Crippen LogP contribution in [0, 0.1) is 0 Å². The van der Waals surface area contributed by atoms with Crippen LogP contribution < -0.4 is 0 Å². The maximum Gasteiger partial charge on any atom is 0.330 e. The third-order valence-electron chi connectivity index (χ3n) is 1.31. The molecular formula is C8H12O3. The fourth-order valence-electron chi connectivity index (χ4n) is 0.607. The third kappa shape index (κ3) is 5.33. The first-order valence-electron chi connectivity index (χ1n) is 3.52. The highest BCUT2D eigenvalue weighted by Crippen LogP contribution is 1.99. The Hall–Kier alpha value is -1.12. The zero-order valence-electron chi connectivity index (χ0n) is 6.54. The Morgan fingerprint density at radius 3 is 2.55 bits per heavy atom. The lowest BCUT2D eigenvalue weighted by Crippen LogP contribution is -1.95. The monoisotopic (exact) mass is 156 g/mol. The first-order valence-corrected chi connectivity index (χ1v) is 3.52. The normalized spacial score (nSPS) is 11.2. The van der Waals surface area contributed by atoms with E-state index >= 15 is 0 Å². The molecule has 0 aromatic carbocycles. The van der Waals surface area contributed by atoms with Gasteiger partial charge in [0.25, 0.3) is 0 Å². The van der Waals surface area contributed by atoms with E-state index in [1.165, 1.54) is 0 Å². The molecule has 11 heavy (non-hydrogen) atoms. The Morgan fingerprint density at radius 2 is 2.09 bits per heavy atom. The van der Waals surface area contributed by atoms with Gasteiger partial charge in [-0.2, -0.15) is 0 Å². The van der Waals surface area contributed by atoms with Crippen molar-refractivity contribution in [2.24, 2.45) is 0 Å². The van der Waals surface area contributed by atoms with E-state index in [2.05, 4.69) is 0 Å². The molecule has 0 saturated carbocycles. The predicted molar refractivity (Wildman–Crippen MR) is 41.3 cm³/mol. The van der Waals surface area contributed by atoms with Crippen molar-refractivity contribution in [1.29, 1.82) is 0 Å². The van der Waals surface area contributed by atoms with Crippen LogP contribution in [-0.4, -0.2) is 17.4 Å². The minimum absolute atomic E-state index is 0.343. The Kier molecular flexibility index (Phi) is 5.07. The second-order valence-electron chi connectivity index (χ2n) is 2.29. The molecule has 0 rings (SSSR count). The molecule has 0 fully saturated rings. The number of aliphatic carboxylic acids is 1. The van der Waals surface area contributed by atoms with Crippen LogP contribution in [0.3, 0.4) is 0 Å². The number of carboxylic acid groups (broad SMARTS) is 1. The van der Waals surface area contributed by atoms with Crippen LogP contribution in [0.25, 0.3) is 0 Å². The van der Waals surface area contributed by atoms with Gasteiger partial charge in [-0.15, -0.1) is 0 Å². The molecule has 0 aromatic rings. The molecule has 0 spiro atoms. The summed E-state index contributed by atoms with van der Waals surface area (Å²) in [7, 11) is 0. The largest absolute Gasteiger partial charge is 0.478 e. The third-order valence-corrected chi connectivity index (χ3v) is 1.31. The van der Waals surface area contributed by atoms with E-state index < -0.39 is 5.97 Å². The predicted octanol–water partition coefficient (Wildman–Crippen LogP) is 1.39. The van der Waals surface area contributed by atoms with E-state index in [-0.39, 0.29) is 0 Å². The van der Waals surface area contributed by atoms with Crippen molar-refractivity contribution in [2.75, 3.05) is 0 Å². The molecule has 0 saturated heterocycles. The molecule has 0 amide bonds. The number of carboxylic acids is 1. The van der Waals surface area contributed by atoms with Gasteiger partial charge in [-0.3, -0.25) is 0 Å². The molecule has 0 aliphatic carbocycles. The fraction of sp³-hybridized carbons (Fsp3) is 0.500. The lowest BCUT2D eigenvalue weighted by molar-refractivity contribution is -0.132. The van der Waals surface area contributed by atoms with Gasteiger partial charge in [0.15, 0.2) is 0 Å². The Bertz CT molecular complexity index is 170. The van der Waals surface area contributed by atoms with Crippen molar-refractivity contribution in [2.45, 2.75) is 26.2 Å². The van der Waals surface area contributed by atoms with E-state index in [9.17, 15) is 9.59 Å². The minimum atomic E-state index is -0.892. The number of rotatable bonds is 5. The lowest BCUT2D eigenvalue weighted by Gasteiger charge is -1.91. The molecular weight excluding hydrogens is 144 g/mol. The summed E-state index contributed by atoms with van der Waals surface area (Å²) in [5.41, 5.74) is 0.343. The fourth-order valence-corrected chi connectivity index (χ4v) is 0.607. The Labute approximate surface area is 65.7 Å². The van der Waals surface area contributed by atoms with Gasteiger partial charge in [0, 0.05) is 12.0 Å². The van der Waals surface area contributed by atoms with Crippen LogP contribution in [0.1, 0.15) is 26.2 Å². The Balaban J connectivity index is 3.56. The average Bonchev–Trinajstić information content (AvgIpc) is 1.97. The highest BCUT2D eigenvalue weighted by molar-refractivity contribution is 5.85. The van der Waals surface area contributed by atoms with E-state index in [0.29, 0.717) is 18.4 Å². The number of carbonyl (C=O) groups excluding carboxylic acids is 1. The summed E-state index contributed by atoms with van der Waals surface area (Å²) < 4.78 is 0. The quantitative estimate of drug-likeness (QED) is 0.371. The molecule has 0 heterocycles. The lowest BCUT2D eigenvalue weighted by atomic mass is 10.2. The van der Waals surface area contributed by atoms with Crippen molar-refractivity contribution in [3.8, 4) is 0 Å². The average molecular weight is 156 g/mol. The summed E-state index contributed by atoms with van der Waals surface area (Å²) in [6, 6.07) is 0. The number of carbonyl (C=O) groups is 2. The molecule has 3 heteroatoms. The van der Waals surface area contributed by atoms with Crippen LogP contribution in [0.4, 0.5) is 0 Å². The molecule has 0 aliphatic heterocycles. The molecule has 1 N–H and O–H groups in total. The summed E-state index contributed by atoms with van der Waals surface area (Å²) >= 11 is 0. The number of hydrogen-bond donors (Lipinski definition) is 1. The minimum Gasteiger partial charge on any atom is -0.478 e. The smallest absolute Gasteiger partial charge is 0.330 e. The van der Waals surface area contributed by atoms with Gasteiger partial charge in [0.05, 0.1) is 0 Å². The standard InChI is InChI=1S/C8H12O3/c1-7(8(10)11)5-3-2-4-6-9/h5-6H,2-4H2,1H3,(H,10,11)/b7-5+. The van der Waals surface area contributed by atoms with Gasteiger partial charge < -0.3 is 9.90 Å². The molecule has 0 radical (unpaired) electrons. The van der Waals surface area contributed by atoms with Crippen LogP contribution >= 0.6 is 0 Å². The highest BCUT2D eigenvalue weighted by atomic mass is 16.4. The van der Waals surface area contributed by atoms with Crippen molar-refractivity contribution in [3.05, 3.63) is 11.6 Å². The van der Waals surface area contributed by atoms with Crippen molar-refractivity contribution in [1.82, 2.24) is 0 Å². The summed E-state index contributed by atoms with van der Waals surface area (Å²) in [5, 5.41) is 8.40. The van der Waals surface area contributed by atoms with Crippen LogP contribution in [0.15, 0.2) is 11.6 Å². The zero-order chi connectivity index (χ0) is 8.69. The number of allylic oxidation sites excluding steroid dienone is 1. The van der Waals surface area contributed by atoms with Crippen LogP contribution in [-0.2, 0) is 9.59 Å². The number of aldehydes is 1. The topological polar surface area (TPSA) is 54.4 Å². The first kappa shape index (κ1) is 9.88. The van der Waals surface area contributed by atoms with Gasteiger partial charge in [-0.25, -0.2) is 4.79 Å². The summed E-state index contributed by atoms with van der Waals surface area (Å²) in [5.74, 6) is -0.892. The first-order chi connectivity index (χ1) is 5.18. The molecule has 0 aromatic heterocycles. The maximum absolute atomic E-state index is 10.2. The van der Waals surface area contributed by atoms with E-state index in [4.69, 9.17) is 5.11 Å². The van der Waals surface area contributed by atoms with Crippen LogP contribution in [0.5, 0.6) is 0 Å². The molecule has 0 atom stereocenters. The van der Waals surface area contributed by atoms with E-state index in [0.717, 1.165) is 12.7 Å². The van der Waals surface area contributed by atoms with Crippen LogP contribution in [0.2, 0.25) is 0 Å². The van der Waals surface area contributed by atoms with Gasteiger partial charge in [-0.1, -0.05) is 6.08 Å². The van der Waals surface area contributed by atoms with E-state index in [1.807, 2.05) is 0 Å². The summed E-state index contributed by atoms with van der Waals surface area (Å²) in [4.78, 5) is 20.1. The molecule has 0 bridgehead atoms. The van der Waals surface area contributed by atoms with Crippen molar-refractivity contribution < 1.29 is 14.7 Å². The van der Waals surface area contributed by atoms with Gasteiger partial charge in [0.1, 0.15) is 6.29 Å². The number of hydrogen-bond acceptors (Lipinski definition) is 2. The second kappa shape index (κ2) is 5.65. The summed E-state index contributed by atoms with van der Waals surface area (Å²) in [6.45, 7) is 1.54. The van der Waals surface area contributed by atoms with Gasteiger partial charge in [-0.05, 0) is 19.8 Å². The van der Waals surface area contributed by atoms with Crippen molar-refractivity contribution >= 4 is 12.3 Å². The zero-order valence-corrected chi connectivity index (χ0v) is 6.54. The van der Waals surface area contributed by atoms with Crippen molar-refractivity contribution in [3.63, 3.8) is 0 Å². The maximum atomic E-state index is 10.2. The van der Waals surface area contributed by atoms with E-state index in [1.54, 1.807) is 13.0 Å². The Morgan fingerprint density at radius 1 is 1.45 bits per heavy atom. The molecule has 0 unspecified atom stereocenters. The van der Waals surface area contributed by atoms with Gasteiger partial charge in [0.2, 0.25) is 0 Å². The summed E-state index contributed by atoms with van der Waals surface area (Å²) in [6.07, 6.45) is 4.37. The highest BCUT2D eigenvalue weighted by Gasteiger charge is 1.96.